The maximum Gasteiger partial charge on any atom is 0.441 e. The summed E-state index contributed by atoms with van der Waals surface area (Å²) in [6.07, 6.45) is 0. The summed E-state index contributed by atoms with van der Waals surface area (Å²) >= 11 is 0. The zero-order chi connectivity index (χ0) is 47.8. The fraction of sp³-hybridized carbons (Fsp3) is 0.462. The minimum absolute atomic E-state index is 0. The van der Waals surface area contributed by atoms with Crippen LogP contribution in [0.15, 0.2) is 28.9 Å². The summed E-state index contributed by atoms with van der Waals surface area (Å²) in [5, 5.41) is 16.9. The van der Waals surface area contributed by atoms with Gasteiger partial charge in [0.25, 0.3) is 0 Å². The lowest BCUT2D eigenvalue weighted by Gasteiger charge is -2.19. The van der Waals surface area contributed by atoms with Crippen LogP contribution in [0.3, 0.4) is 0 Å². The van der Waals surface area contributed by atoms with E-state index in [9.17, 15) is 9.59 Å². The van der Waals surface area contributed by atoms with Gasteiger partial charge in [-0.15, -0.1) is 0 Å². The molecule has 2 aromatic carbocycles. The lowest BCUT2D eigenvalue weighted by molar-refractivity contribution is 0.127. The van der Waals surface area contributed by atoms with Crippen molar-refractivity contribution >= 4 is 11.4 Å². The second-order valence-corrected chi connectivity index (χ2v) is 17.1. The molecule has 0 N–H and O–H groups in total. The molecule has 0 aliphatic heterocycles. The van der Waals surface area contributed by atoms with Crippen molar-refractivity contribution in [2.75, 3.05) is 0 Å². The van der Waals surface area contributed by atoms with Crippen LogP contribution in [0, 0.1) is 125 Å². The number of aryl methyl sites for hydroxylation is 2. The van der Waals surface area contributed by atoms with Crippen LogP contribution >= 0.6 is 0 Å². The summed E-state index contributed by atoms with van der Waals surface area (Å²) < 4.78 is 12.5. The molecule has 4 heterocycles. The van der Waals surface area contributed by atoms with Crippen molar-refractivity contribution in [3.05, 3.63) is 156 Å². The quantitative estimate of drug-likeness (QED) is 0.0954. The number of benzene rings is 2. The Kier molecular flexibility index (Phi) is 17.4. The maximum atomic E-state index is 12.0. The highest BCUT2D eigenvalue weighted by Gasteiger charge is 2.26. The van der Waals surface area contributed by atoms with E-state index in [2.05, 4.69) is 128 Å². The van der Waals surface area contributed by atoms with Gasteiger partial charge in [0.2, 0.25) is 11.6 Å². The van der Waals surface area contributed by atoms with Crippen LogP contribution in [-0.4, -0.2) is 40.8 Å². The molecule has 4 aromatic heterocycles. The van der Waals surface area contributed by atoms with E-state index in [0.717, 1.165) is 67.3 Å². The van der Waals surface area contributed by atoms with Gasteiger partial charge in [-0.25, -0.2) is 9.59 Å². The van der Waals surface area contributed by atoms with E-state index in [4.69, 9.17) is 18.7 Å². The summed E-state index contributed by atoms with van der Waals surface area (Å²) in [5.74, 6) is -0.452. The van der Waals surface area contributed by atoms with Gasteiger partial charge in [0.05, 0.1) is 11.4 Å². The van der Waals surface area contributed by atoms with Crippen LogP contribution in [0.2, 0.25) is 0 Å². The molecule has 0 radical (unpaired) electrons. The van der Waals surface area contributed by atoms with E-state index in [-0.39, 0.29) is 28.1 Å². The van der Waals surface area contributed by atoms with Crippen LogP contribution in [0.1, 0.15) is 149 Å². The highest BCUT2D eigenvalue weighted by Crippen LogP contribution is 2.30. The third-order valence-electron chi connectivity index (χ3n) is 14.0. The van der Waals surface area contributed by atoms with Gasteiger partial charge in [-0.05, 0) is 214 Å². The van der Waals surface area contributed by atoms with Gasteiger partial charge in [-0.3, -0.25) is 28.1 Å². The van der Waals surface area contributed by atoms with Gasteiger partial charge in [0, 0.05) is 36.6 Å². The number of hydrogen-bond acceptors (Lipinski definition) is 12. The van der Waals surface area contributed by atoms with Gasteiger partial charge in [-0.2, -0.15) is 0 Å². The molecule has 6 aromatic rings. The fourth-order valence-corrected chi connectivity index (χ4v) is 7.97. The molecule has 66 heavy (non-hydrogen) atoms. The first-order valence-corrected chi connectivity index (χ1v) is 21.4. The van der Waals surface area contributed by atoms with Crippen molar-refractivity contribution in [2.24, 2.45) is 24.4 Å². The van der Waals surface area contributed by atoms with Crippen molar-refractivity contribution in [1.82, 2.24) is 29.4 Å². The first-order valence-electron chi connectivity index (χ1n) is 21.4. The lowest BCUT2D eigenvalue weighted by atomic mass is 9.87. The van der Waals surface area contributed by atoms with Crippen molar-refractivity contribution in [1.29, 1.82) is 0 Å². The molecule has 0 amide bonds. The summed E-state index contributed by atoms with van der Waals surface area (Å²) in [5.41, 5.74) is 24.8. The molecular weight excluding hydrogens is 833 g/mol. The summed E-state index contributed by atoms with van der Waals surface area (Å²) in [7, 11) is 3.22. The van der Waals surface area contributed by atoms with E-state index in [1.165, 1.54) is 64.8 Å². The molecule has 0 spiro atoms. The van der Waals surface area contributed by atoms with Crippen molar-refractivity contribution in [3.8, 4) is 0 Å². The second kappa shape index (κ2) is 21.2. The maximum absolute atomic E-state index is 12.0. The van der Waals surface area contributed by atoms with Gasteiger partial charge < -0.3 is 9.68 Å². The highest BCUT2D eigenvalue weighted by atomic mass is 16.6. The molecule has 0 aliphatic carbocycles. The molecule has 0 saturated carbocycles. The number of pyridine rings is 2. The van der Waals surface area contributed by atoms with Gasteiger partial charge >= 0.3 is 11.5 Å². The minimum Gasteiger partial charge on any atom is -0.389 e. The van der Waals surface area contributed by atoms with Crippen LogP contribution in [0.25, 0.3) is 0 Å². The lowest BCUT2D eigenvalue weighted by Crippen LogP contribution is -2.20. The normalized spacial score (nSPS) is 11.5. The molecule has 0 unspecified atom stereocenters. The topological polar surface area (TPSA) is 165 Å². The zero-order valence-corrected chi connectivity index (χ0v) is 41.4. The Labute approximate surface area is 391 Å². The number of rotatable bonds is 10. The van der Waals surface area contributed by atoms with Crippen molar-refractivity contribution in [3.63, 3.8) is 0 Å². The Balaban J connectivity index is 0.000000340. The smallest absolute Gasteiger partial charge is 0.389 e. The molecule has 0 fully saturated rings. The molecule has 0 aliphatic rings. The van der Waals surface area contributed by atoms with E-state index in [1.54, 1.807) is 14.1 Å². The Morgan fingerprint density at radius 1 is 0.424 bits per heavy atom. The van der Waals surface area contributed by atoms with Crippen molar-refractivity contribution in [2.45, 2.75) is 153 Å². The number of hydrogen-bond donors (Lipinski definition) is 0. The van der Waals surface area contributed by atoms with E-state index < -0.39 is 11.5 Å². The first-order chi connectivity index (χ1) is 29.9. The average Bonchev–Trinajstić information content (AvgIpc) is 3.78. The third-order valence-corrected chi connectivity index (χ3v) is 14.0. The summed E-state index contributed by atoms with van der Waals surface area (Å²) in [4.78, 5) is 45.1. The van der Waals surface area contributed by atoms with Gasteiger partial charge in [0.1, 0.15) is 0 Å². The number of aromatic nitrogens is 6. The molecule has 0 atom stereocenters. The zero-order valence-electron chi connectivity index (χ0n) is 41.4. The van der Waals surface area contributed by atoms with Gasteiger partial charge in [0.15, 0.2) is 24.6 Å². The predicted octanol–water partition coefficient (Wildman–Crippen LogP) is 10.3. The Bertz CT molecular complexity index is 2740. The van der Waals surface area contributed by atoms with Crippen LogP contribution < -0.4 is 11.5 Å². The fourth-order valence-electron chi connectivity index (χ4n) is 7.97. The minimum atomic E-state index is -0.550. The van der Waals surface area contributed by atoms with Gasteiger partial charge in [-0.1, -0.05) is 35.5 Å². The molecule has 0 bridgehead atoms. The summed E-state index contributed by atoms with van der Waals surface area (Å²) in [6, 6.07) is 0. The molecule has 0 saturated heterocycles. The largest absolute Gasteiger partial charge is 0.441 e. The number of nitrogens with zero attached hydrogens (tertiary/aromatic N) is 8. The van der Waals surface area contributed by atoms with E-state index in [0.29, 0.717) is 23.1 Å². The molecule has 356 valence electrons. The monoisotopic (exact) mass is 905 g/mol. The standard InChI is InChI=1S/2C25H32N4O3.2CH4/c2*1-12-13(2)18(7)22(19(8)14(12)3)23(24-28-32-25(30)29(24)10)27-31-11-21-17(6)15(4)16(5)20(9)26-21;;/h2*11H2,1-10H3;2*1H4. The predicted molar refractivity (Wildman–Crippen MR) is 264 cm³/mol. The Hall–Kier alpha value is -6.44. The van der Waals surface area contributed by atoms with Crippen molar-refractivity contribution < 1.29 is 18.7 Å². The molecule has 6 rings (SSSR count). The Morgan fingerprint density at radius 2 is 0.682 bits per heavy atom. The molecular formula is C52H72N8O6. The third kappa shape index (κ3) is 10.0. The van der Waals surface area contributed by atoms with Crippen LogP contribution in [-0.2, 0) is 37.0 Å². The van der Waals surface area contributed by atoms with E-state index >= 15 is 0 Å². The first kappa shape index (κ1) is 53.9. The Morgan fingerprint density at radius 3 is 0.939 bits per heavy atom. The number of oxime groups is 2. The SMILES string of the molecule is C.C.Cc1nc(CON=C(c2c(C)c(C)c(C)c(C)c2C)c2noc(=O)n2C)c(C)c(C)c1C.Cc1nc(CON=C(c2c(C)c(C)c(C)c(C)c2C)c2noc(=O)n2C)c(C)c(C)c1C. The second-order valence-electron chi connectivity index (χ2n) is 17.1. The summed E-state index contributed by atoms with van der Waals surface area (Å²) in [6.45, 7) is 37.6. The van der Waals surface area contributed by atoms with E-state index in [1.807, 2.05) is 27.7 Å². The molecule has 14 nitrogen and oxygen atoms in total. The van der Waals surface area contributed by atoms with Crippen LogP contribution in [0.5, 0.6) is 0 Å². The highest BCUT2D eigenvalue weighted by molar-refractivity contribution is 6.13. The average molecular weight is 905 g/mol. The van der Waals surface area contributed by atoms with Crippen LogP contribution in [0.4, 0.5) is 0 Å². The molecule has 14 heteroatoms.